The van der Waals surface area contributed by atoms with Gasteiger partial charge in [-0.15, -0.1) is 0 Å². The normalized spacial score (nSPS) is 10.4. The molecule has 0 fully saturated rings. The van der Waals surface area contributed by atoms with E-state index in [9.17, 15) is 9.59 Å². The molecule has 0 spiro atoms. The van der Waals surface area contributed by atoms with Gasteiger partial charge in [0.15, 0.2) is 5.16 Å². The van der Waals surface area contributed by atoms with Crippen LogP contribution in [-0.4, -0.2) is 27.5 Å². The first-order valence-corrected chi connectivity index (χ1v) is 7.47. The van der Waals surface area contributed by atoms with Crippen LogP contribution < -0.4 is 5.56 Å². The maximum atomic E-state index is 11.8. The minimum atomic E-state index is -0.681. The SMILES string of the molecule is CCOC(=O)c1cnc(SCc2cccc(Cl)n2)[nH]c1=O. The van der Waals surface area contributed by atoms with E-state index in [4.69, 9.17) is 16.3 Å². The van der Waals surface area contributed by atoms with Gasteiger partial charge in [-0.2, -0.15) is 0 Å². The van der Waals surface area contributed by atoms with Crippen LogP contribution in [0.5, 0.6) is 0 Å². The van der Waals surface area contributed by atoms with Gasteiger partial charge in [-0.25, -0.2) is 14.8 Å². The Labute approximate surface area is 129 Å². The van der Waals surface area contributed by atoms with Crippen LogP contribution in [0.2, 0.25) is 5.15 Å². The number of halogens is 1. The van der Waals surface area contributed by atoms with Crippen LogP contribution in [0.15, 0.2) is 34.3 Å². The van der Waals surface area contributed by atoms with Gasteiger partial charge in [-0.05, 0) is 19.1 Å². The van der Waals surface area contributed by atoms with E-state index >= 15 is 0 Å². The molecule has 8 heteroatoms. The van der Waals surface area contributed by atoms with Gasteiger partial charge < -0.3 is 9.72 Å². The third-order valence-electron chi connectivity index (χ3n) is 2.40. The number of pyridine rings is 1. The smallest absolute Gasteiger partial charge is 0.345 e. The Morgan fingerprint density at radius 2 is 2.29 bits per heavy atom. The lowest BCUT2D eigenvalue weighted by atomic mass is 10.3. The highest BCUT2D eigenvalue weighted by molar-refractivity contribution is 7.98. The monoisotopic (exact) mass is 325 g/mol. The van der Waals surface area contributed by atoms with Gasteiger partial charge >= 0.3 is 5.97 Å². The first-order valence-electron chi connectivity index (χ1n) is 6.11. The van der Waals surface area contributed by atoms with Crippen molar-refractivity contribution in [1.82, 2.24) is 15.0 Å². The van der Waals surface area contributed by atoms with Gasteiger partial charge in [0.25, 0.3) is 5.56 Å². The second kappa shape index (κ2) is 7.24. The molecule has 0 bridgehead atoms. The molecular weight excluding hydrogens is 314 g/mol. The fourth-order valence-electron chi connectivity index (χ4n) is 1.48. The summed E-state index contributed by atoms with van der Waals surface area (Å²) in [4.78, 5) is 33.9. The Hall–Kier alpha value is -1.86. The highest BCUT2D eigenvalue weighted by Crippen LogP contribution is 2.17. The van der Waals surface area contributed by atoms with E-state index in [2.05, 4.69) is 15.0 Å². The molecule has 0 aliphatic rings. The van der Waals surface area contributed by atoms with Gasteiger partial charge in [0, 0.05) is 11.9 Å². The van der Waals surface area contributed by atoms with Gasteiger partial charge in [0.05, 0.1) is 12.3 Å². The second-order valence-electron chi connectivity index (χ2n) is 3.89. The zero-order valence-corrected chi connectivity index (χ0v) is 12.7. The molecule has 0 aliphatic carbocycles. The highest BCUT2D eigenvalue weighted by Gasteiger charge is 2.13. The quantitative estimate of drug-likeness (QED) is 0.393. The van der Waals surface area contributed by atoms with Crippen molar-refractivity contribution in [3.05, 3.63) is 51.2 Å². The molecule has 0 aliphatic heterocycles. The van der Waals surface area contributed by atoms with Crippen molar-refractivity contribution in [3.8, 4) is 0 Å². The Morgan fingerprint density at radius 3 is 2.95 bits per heavy atom. The number of esters is 1. The molecule has 21 heavy (non-hydrogen) atoms. The van der Waals surface area contributed by atoms with E-state index in [0.717, 1.165) is 5.69 Å². The van der Waals surface area contributed by atoms with Crippen molar-refractivity contribution in [2.24, 2.45) is 0 Å². The zero-order chi connectivity index (χ0) is 15.2. The number of carbonyl (C=O) groups is 1. The summed E-state index contributed by atoms with van der Waals surface area (Å²) in [5.41, 5.74) is 0.136. The number of thioether (sulfide) groups is 1. The topological polar surface area (TPSA) is 84.9 Å². The molecule has 2 aromatic rings. The van der Waals surface area contributed by atoms with E-state index in [1.54, 1.807) is 19.1 Å². The maximum Gasteiger partial charge on any atom is 0.345 e. The molecule has 0 radical (unpaired) electrons. The number of carbonyl (C=O) groups excluding carboxylic acids is 1. The van der Waals surface area contributed by atoms with E-state index in [1.165, 1.54) is 18.0 Å². The third kappa shape index (κ3) is 4.30. The summed E-state index contributed by atoms with van der Waals surface area (Å²) in [6, 6.07) is 5.30. The van der Waals surface area contributed by atoms with Crippen LogP contribution in [0.1, 0.15) is 23.0 Å². The van der Waals surface area contributed by atoms with Crippen LogP contribution in [0.25, 0.3) is 0 Å². The summed E-state index contributed by atoms with van der Waals surface area (Å²) < 4.78 is 4.76. The van der Waals surface area contributed by atoms with E-state index in [1.807, 2.05) is 6.07 Å². The zero-order valence-electron chi connectivity index (χ0n) is 11.1. The van der Waals surface area contributed by atoms with Crippen LogP contribution in [0, 0.1) is 0 Å². The highest BCUT2D eigenvalue weighted by atomic mass is 35.5. The molecular formula is C13H12ClN3O3S. The molecule has 2 aromatic heterocycles. The molecule has 0 unspecified atom stereocenters. The number of rotatable bonds is 5. The molecule has 0 atom stereocenters. The predicted octanol–water partition coefficient (Wildman–Crippen LogP) is 2.29. The third-order valence-corrected chi connectivity index (χ3v) is 3.53. The Balaban J connectivity index is 2.07. The number of nitrogens with zero attached hydrogens (tertiary/aromatic N) is 2. The molecule has 6 nitrogen and oxygen atoms in total. The summed E-state index contributed by atoms with van der Waals surface area (Å²) in [6.07, 6.45) is 1.21. The lowest BCUT2D eigenvalue weighted by Crippen LogP contribution is -2.20. The molecule has 0 saturated heterocycles. The van der Waals surface area contributed by atoms with Gasteiger partial charge in [0.1, 0.15) is 10.7 Å². The number of aromatic nitrogens is 3. The summed E-state index contributed by atoms with van der Waals surface area (Å²) in [5.74, 6) is -0.179. The van der Waals surface area contributed by atoms with Crippen molar-refractivity contribution in [1.29, 1.82) is 0 Å². The molecule has 110 valence electrons. The van der Waals surface area contributed by atoms with Crippen molar-refractivity contribution in [2.45, 2.75) is 17.8 Å². The molecule has 1 N–H and O–H groups in total. The van der Waals surface area contributed by atoms with E-state index in [0.29, 0.717) is 16.1 Å². The fraction of sp³-hybridized carbons (Fsp3) is 0.231. The van der Waals surface area contributed by atoms with Crippen molar-refractivity contribution in [2.75, 3.05) is 6.61 Å². The maximum absolute atomic E-state index is 11.8. The molecule has 0 saturated carbocycles. The van der Waals surface area contributed by atoms with Crippen LogP contribution >= 0.6 is 23.4 Å². The Morgan fingerprint density at radius 1 is 1.48 bits per heavy atom. The number of ether oxygens (including phenoxy) is 1. The molecule has 2 rings (SSSR count). The standard InChI is InChI=1S/C13H12ClN3O3S/c1-2-20-12(19)9-6-15-13(17-11(9)18)21-7-8-4-3-5-10(14)16-8/h3-6H,2,7H2,1H3,(H,15,17,18). The lowest BCUT2D eigenvalue weighted by molar-refractivity contribution is 0.0523. The summed E-state index contributed by atoms with van der Waals surface area (Å²) >= 11 is 7.08. The minimum Gasteiger partial charge on any atom is -0.462 e. The predicted molar refractivity (Wildman–Crippen MR) is 79.6 cm³/mol. The van der Waals surface area contributed by atoms with Crippen molar-refractivity contribution in [3.63, 3.8) is 0 Å². The number of H-pyrrole nitrogens is 1. The van der Waals surface area contributed by atoms with Gasteiger partial charge in [0.2, 0.25) is 0 Å². The van der Waals surface area contributed by atoms with E-state index in [-0.39, 0.29) is 12.2 Å². The summed E-state index contributed by atoms with van der Waals surface area (Å²) in [7, 11) is 0. The van der Waals surface area contributed by atoms with Crippen molar-refractivity contribution >= 4 is 29.3 Å². The first-order chi connectivity index (χ1) is 10.1. The Bertz CT molecular complexity index is 705. The van der Waals surface area contributed by atoms with Crippen molar-refractivity contribution < 1.29 is 9.53 Å². The number of hydrogen-bond acceptors (Lipinski definition) is 6. The second-order valence-corrected chi connectivity index (χ2v) is 5.24. The van der Waals surface area contributed by atoms with Crippen LogP contribution in [0.4, 0.5) is 0 Å². The minimum absolute atomic E-state index is 0.109. The van der Waals surface area contributed by atoms with E-state index < -0.39 is 11.5 Å². The molecule has 0 amide bonds. The number of aromatic amines is 1. The average Bonchev–Trinajstić information content (AvgIpc) is 2.45. The lowest BCUT2D eigenvalue weighted by Gasteiger charge is -2.03. The Kier molecular flexibility index (Phi) is 5.35. The molecule has 0 aromatic carbocycles. The summed E-state index contributed by atoms with van der Waals surface area (Å²) in [5, 5.41) is 0.807. The first kappa shape index (κ1) is 15.5. The van der Waals surface area contributed by atoms with Gasteiger partial charge in [-0.3, -0.25) is 4.79 Å². The number of hydrogen-bond donors (Lipinski definition) is 1. The van der Waals surface area contributed by atoms with Crippen LogP contribution in [-0.2, 0) is 10.5 Å². The van der Waals surface area contributed by atoms with Crippen LogP contribution in [0.3, 0.4) is 0 Å². The van der Waals surface area contributed by atoms with Gasteiger partial charge in [-0.1, -0.05) is 29.4 Å². The largest absolute Gasteiger partial charge is 0.462 e. The molecule has 2 heterocycles. The number of nitrogens with one attached hydrogen (secondary N) is 1. The summed E-state index contributed by atoms with van der Waals surface area (Å²) in [6.45, 7) is 1.87. The fourth-order valence-corrected chi connectivity index (χ4v) is 2.40. The average molecular weight is 326 g/mol.